The molecule has 2 unspecified atom stereocenters. The van der Waals surface area contributed by atoms with Gasteiger partial charge in [-0.15, -0.1) is 0 Å². The lowest BCUT2D eigenvalue weighted by molar-refractivity contribution is -0.870. The highest BCUT2D eigenvalue weighted by molar-refractivity contribution is 7.45. The number of allylic oxidation sites excluding steroid dienone is 16. The van der Waals surface area contributed by atoms with Crippen molar-refractivity contribution in [3.63, 3.8) is 0 Å². The molecule has 9 nitrogen and oxygen atoms in total. The van der Waals surface area contributed by atoms with E-state index in [0.717, 1.165) is 103 Å². The molecule has 0 aliphatic rings. The van der Waals surface area contributed by atoms with Gasteiger partial charge in [-0.05, 0) is 96.3 Å². The van der Waals surface area contributed by atoms with E-state index in [2.05, 4.69) is 111 Å². The summed E-state index contributed by atoms with van der Waals surface area (Å²) in [5.74, 6) is -0.845. The number of likely N-dealkylation sites (N-methyl/N-ethyl adjacent to an activating group) is 1. The van der Waals surface area contributed by atoms with Crippen molar-refractivity contribution in [1.82, 2.24) is 0 Å². The minimum atomic E-state index is -4.64. The Bertz CT molecular complexity index is 1550. The van der Waals surface area contributed by atoms with Gasteiger partial charge in [0, 0.05) is 12.8 Å². The van der Waals surface area contributed by atoms with Gasteiger partial charge in [-0.1, -0.05) is 227 Å². The highest BCUT2D eigenvalue weighted by Gasteiger charge is 2.21. The topological polar surface area (TPSA) is 111 Å². The van der Waals surface area contributed by atoms with Crippen LogP contribution in [0.5, 0.6) is 0 Å². The molecule has 2 atom stereocenters. The predicted molar refractivity (Wildman–Crippen MR) is 309 cm³/mol. The Morgan fingerprint density at radius 1 is 0.438 bits per heavy atom. The van der Waals surface area contributed by atoms with E-state index >= 15 is 0 Å². The first-order valence-electron chi connectivity index (χ1n) is 29.4. The largest absolute Gasteiger partial charge is 0.756 e. The van der Waals surface area contributed by atoms with Gasteiger partial charge in [0.25, 0.3) is 7.82 Å². The molecule has 0 fully saturated rings. The summed E-state index contributed by atoms with van der Waals surface area (Å²) in [5.41, 5.74) is 0. The van der Waals surface area contributed by atoms with Gasteiger partial charge in [0.05, 0.1) is 27.7 Å². The summed E-state index contributed by atoms with van der Waals surface area (Å²) in [7, 11) is 1.16. The van der Waals surface area contributed by atoms with Crippen molar-refractivity contribution >= 4 is 19.8 Å². The summed E-state index contributed by atoms with van der Waals surface area (Å²) in [5, 5.41) is 0. The van der Waals surface area contributed by atoms with Crippen LogP contribution >= 0.6 is 7.82 Å². The lowest BCUT2D eigenvalue weighted by Crippen LogP contribution is -2.37. The normalized spacial score (nSPS) is 14.0. The molecular weight excluding hydrogens is 930 g/mol. The van der Waals surface area contributed by atoms with Crippen molar-refractivity contribution in [1.29, 1.82) is 0 Å². The second kappa shape index (κ2) is 53.7. The smallest absolute Gasteiger partial charge is 0.306 e. The van der Waals surface area contributed by atoms with Gasteiger partial charge in [-0.25, -0.2) is 0 Å². The van der Waals surface area contributed by atoms with E-state index in [4.69, 9.17) is 18.5 Å². The van der Waals surface area contributed by atoms with Crippen LogP contribution in [-0.2, 0) is 32.7 Å². The predicted octanol–water partition coefficient (Wildman–Crippen LogP) is 17.8. The first-order chi connectivity index (χ1) is 35.5. The lowest BCUT2D eigenvalue weighted by Gasteiger charge is -2.28. The van der Waals surface area contributed by atoms with Crippen LogP contribution in [0.2, 0.25) is 0 Å². The van der Waals surface area contributed by atoms with Crippen LogP contribution in [0.3, 0.4) is 0 Å². The van der Waals surface area contributed by atoms with Crippen molar-refractivity contribution in [2.45, 2.75) is 245 Å². The van der Waals surface area contributed by atoms with E-state index in [9.17, 15) is 19.0 Å². The Balaban J connectivity index is 4.01. The monoisotopic (exact) mass is 1040 g/mol. The van der Waals surface area contributed by atoms with E-state index in [1.165, 1.54) is 103 Å². The Hall–Kier alpha value is -3.07. The van der Waals surface area contributed by atoms with Crippen molar-refractivity contribution < 1.29 is 42.1 Å². The quantitative estimate of drug-likeness (QED) is 0.0195. The van der Waals surface area contributed by atoms with Crippen LogP contribution in [0.4, 0.5) is 0 Å². The van der Waals surface area contributed by atoms with Crippen LogP contribution in [0.15, 0.2) is 97.2 Å². The number of carbonyl (C=O) groups is 2. The first kappa shape index (κ1) is 69.9. The molecule has 0 bridgehead atoms. The zero-order chi connectivity index (χ0) is 53.5. The van der Waals surface area contributed by atoms with Crippen molar-refractivity contribution in [2.75, 3.05) is 47.5 Å². The Labute approximate surface area is 449 Å². The standard InChI is InChI=1S/C63H110NO8P/c1-6-8-10-12-14-16-18-20-21-22-23-24-25-26-27-28-29-30-31-32-33-34-35-36-37-38-39-40-41-42-43-44-46-48-50-52-54-56-63(66)72-61(60-71-73(67,68)70-58-57-64(3,4)5)59-69-62(65)55-53-51-49-47-45-19-17-15-13-11-9-7-2/h8,10,14-17,20-21,23-24,26-27,29-30,32-33,61H,6-7,9,11-13,18-19,22,25,28,31,34-60H2,1-5H3/b10-8-,16-14-,17-15-,21-20-,24-23-,27-26-,30-29-,33-32-. The van der Waals surface area contributed by atoms with Crippen molar-refractivity contribution in [2.24, 2.45) is 0 Å². The maximum Gasteiger partial charge on any atom is 0.306 e. The molecule has 0 aromatic rings. The third-order valence-corrected chi connectivity index (χ3v) is 13.3. The first-order valence-corrected chi connectivity index (χ1v) is 30.9. The average molecular weight is 1040 g/mol. The molecule has 0 aromatic heterocycles. The fraction of sp³-hybridized carbons (Fsp3) is 0.714. The van der Waals surface area contributed by atoms with Gasteiger partial charge in [0.1, 0.15) is 19.8 Å². The summed E-state index contributed by atoms with van der Waals surface area (Å²) >= 11 is 0. The van der Waals surface area contributed by atoms with E-state index in [-0.39, 0.29) is 26.1 Å². The van der Waals surface area contributed by atoms with E-state index in [1.807, 2.05) is 21.1 Å². The second-order valence-electron chi connectivity index (χ2n) is 20.6. The fourth-order valence-corrected chi connectivity index (χ4v) is 8.54. The number of hydrogen-bond acceptors (Lipinski definition) is 8. The van der Waals surface area contributed by atoms with Crippen LogP contribution in [0.25, 0.3) is 0 Å². The zero-order valence-corrected chi connectivity index (χ0v) is 48.4. The number of esters is 2. The van der Waals surface area contributed by atoms with Crippen LogP contribution in [-0.4, -0.2) is 70.0 Å². The number of hydrogen-bond donors (Lipinski definition) is 0. The van der Waals surface area contributed by atoms with Crippen LogP contribution in [0, 0.1) is 0 Å². The number of phosphoric acid groups is 1. The number of unbranched alkanes of at least 4 members (excludes halogenated alkanes) is 23. The molecule has 0 saturated heterocycles. The summed E-state index contributed by atoms with van der Waals surface area (Å²) < 4.78 is 34.1. The molecule has 0 N–H and O–H groups in total. The van der Waals surface area contributed by atoms with Gasteiger partial charge in [-0.2, -0.15) is 0 Å². The number of carbonyl (C=O) groups excluding carboxylic acids is 2. The zero-order valence-electron chi connectivity index (χ0n) is 47.6. The highest BCUT2D eigenvalue weighted by atomic mass is 31.2. The number of phosphoric ester groups is 1. The number of nitrogens with zero attached hydrogens (tertiary/aromatic N) is 1. The molecule has 0 amide bonds. The molecule has 0 heterocycles. The molecule has 0 aliphatic carbocycles. The van der Waals surface area contributed by atoms with E-state index in [1.54, 1.807) is 0 Å². The van der Waals surface area contributed by atoms with E-state index in [0.29, 0.717) is 17.4 Å². The van der Waals surface area contributed by atoms with Crippen molar-refractivity contribution in [3.8, 4) is 0 Å². The summed E-state index contributed by atoms with van der Waals surface area (Å²) in [6.45, 7) is 4.08. The number of rotatable bonds is 53. The van der Waals surface area contributed by atoms with Crippen LogP contribution in [0.1, 0.15) is 239 Å². The summed E-state index contributed by atoms with van der Waals surface area (Å²) in [4.78, 5) is 37.7. The molecule has 0 saturated carbocycles. The fourth-order valence-electron chi connectivity index (χ4n) is 7.81. The summed E-state index contributed by atoms with van der Waals surface area (Å²) in [6.07, 6.45) is 73.3. The maximum atomic E-state index is 12.8. The molecule has 0 aromatic carbocycles. The molecule has 420 valence electrons. The van der Waals surface area contributed by atoms with Crippen molar-refractivity contribution in [3.05, 3.63) is 97.2 Å². The second-order valence-corrected chi connectivity index (χ2v) is 22.0. The molecular formula is C63H110NO8P. The Morgan fingerprint density at radius 2 is 0.781 bits per heavy atom. The molecule has 0 aliphatic heterocycles. The van der Waals surface area contributed by atoms with Gasteiger partial charge in [0.2, 0.25) is 0 Å². The maximum absolute atomic E-state index is 12.8. The van der Waals surface area contributed by atoms with E-state index < -0.39 is 32.5 Å². The molecule has 0 rings (SSSR count). The molecule has 0 radical (unpaired) electrons. The van der Waals surface area contributed by atoms with Crippen LogP contribution < -0.4 is 4.89 Å². The molecule has 10 heteroatoms. The summed E-state index contributed by atoms with van der Waals surface area (Å²) in [6, 6.07) is 0. The molecule has 0 spiro atoms. The Morgan fingerprint density at radius 3 is 1.18 bits per heavy atom. The Kier molecular flexibility index (Phi) is 51.5. The van der Waals surface area contributed by atoms with Gasteiger partial charge >= 0.3 is 11.9 Å². The molecule has 73 heavy (non-hydrogen) atoms. The highest BCUT2D eigenvalue weighted by Crippen LogP contribution is 2.38. The van der Waals surface area contributed by atoms with Gasteiger partial charge in [-0.3, -0.25) is 14.2 Å². The minimum Gasteiger partial charge on any atom is -0.756 e. The number of ether oxygens (including phenoxy) is 2. The third kappa shape index (κ3) is 58.1. The lowest BCUT2D eigenvalue weighted by atomic mass is 10.0. The minimum absolute atomic E-state index is 0.0346. The SMILES string of the molecule is CC/C=C\C/C=C\C/C=C\C/C=C\C/C=C\C/C=C\C/C=C\CCCCCCCCCCCCCCCCCC(=O)OC(COC(=O)CCCCCCC/C=C\CCCCC)COP(=O)([O-])OCC[N+](C)(C)C. The average Bonchev–Trinajstić information content (AvgIpc) is 3.35. The van der Waals surface area contributed by atoms with Gasteiger partial charge < -0.3 is 27.9 Å². The number of quaternary nitrogens is 1. The van der Waals surface area contributed by atoms with Gasteiger partial charge in [0.15, 0.2) is 6.10 Å². The third-order valence-electron chi connectivity index (χ3n) is 12.3.